The maximum atomic E-state index is 2.80. The van der Waals surface area contributed by atoms with Gasteiger partial charge in [0.15, 0.2) is 0 Å². The summed E-state index contributed by atoms with van der Waals surface area (Å²) in [4.78, 5) is 8.09. The summed E-state index contributed by atoms with van der Waals surface area (Å²) in [6, 6.07) is 0. The summed E-state index contributed by atoms with van der Waals surface area (Å²) >= 11 is 0. The zero-order valence-corrected chi connectivity index (χ0v) is 16.4. The van der Waals surface area contributed by atoms with E-state index in [0.717, 1.165) is 17.3 Å². The Balaban J connectivity index is 1.15. The van der Waals surface area contributed by atoms with Crippen molar-refractivity contribution in [2.24, 2.45) is 22.7 Å². The molecule has 0 aromatic heterocycles. The van der Waals surface area contributed by atoms with Crippen LogP contribution in [0.25, 0.3) is 0 Å². The number of nitrogens with zero attached hydrogens (tertiary/aromatic N) is 3. The lowest BCUT2D eigenvalue weighted by Gasteiger charge is -2.50. The van der Waals surface area contributed by atoms with Crippen molar-refractivity contribution in [2.75, 3.05) is 59.4 Å². The predicted molar refractivity (Wildman–Crippen MR) is 101 cm³/mol. The molecule has 3 heteroatoms. The number of rotatable bonds is 6. The molecule has 3 saturated heterocycles. The molecule has 3 aliphatic heterocycles. The molecular weight excluding hydrogens is 294 g/mol. The molecule has 0 amide bonds. The fraction of sp³-hybridized carbons (Fsp3) is 1.00. The summed E-state index contributed by atoms with van der Waals surface area (Å²) in [5.41, 5.74) is 1.41. The van der Waals surface area contributed by atoms with Crippen molar-refractivity contribution in [1.29, 1.82) is 0 Å². The average Bonchev–Trinajstić information content (AvgIpc) is 3.11. The first-order valence-corrected chi connectivity index (χ1v) is 10.6. The third-order valence-corrected chi connectivity index (χ3v) is 7.33. The number of piperidine rings is 1. The van der Waals surface area contributed by atoms with Crippen molar-refractivity contribution in [3.63, 3.8) is 0 Å². The highest BCUT2D eigenvalue weighted by Gasteiger charge is 2.47. The van der Waals surface area contributed by atoms with Gasteiger partial charge < -0.3 is 14.7 Å². The molecular formula is C21H39N3. The zero-order valence-electron chi connectivity index (χ0n) is 16.4. The average molecular weight is 334 g/mol. The van der Waals surface area contributed by atoms with Gasteiger partial charge in [-0.05, 0) is 82.5 Å². The van der Waals surface area contributed by atoms with Crippen molar-refractivity contribution in [1.82, 2.24) is 14.7 Å². The summed E-state index contributed by atoms with van der Waals surface area (Å²) in [7, 11) is 2.29. The minimum Gasteiger partial charge on any atom is -0.306 e. The number of likely N-dealkylation sites (tertiary alicyclic amines) is 3. The first kappa shape index (κ1) is 17.3. The molecule has 1 spiro atoms. The van der Waals surface area contributed by atoms with Crippen LogP contribution in [-0.2, 0) is 0 Å². The minimum absolute atomic E-state index is 0.685. The second kappa shape index (κ2) is 6.55. The van der Waals surface area contributed by atoms with Gasteiger partial charge in [-0.2, -0.15) is 0 Å². The highest BCUT2D eigenvalue weighted by molar-refractivity contribution is 5.01. The van der Waals surface area contributed by atoms with Gasteiger partial charge >= 0.3 is 0 Å². The first-order valence-electron chi connectivity index (χ1n) is 10.6. The van der Waals surface area contributed by atoms with E-state index in [2.05, 4.69) is 35.6 Å². The lowest BCUT2D eigenvalue weighted by Crippen LogP contribution is -2.58. The van der Waals surface area contributed by atoms with Gasteiger partial charge in [0.25, 0.3) is 0 Å². The fourth-order valence-electron chi connectivity index (χ4n) is 6.08. The highest BCUT2D eigenvalue weighted by Crippen LogP contribution is 2.51. The molecule has 3 heterocycles. The van der Waals surface area contributed by atoms with Crippen LogP contribution in [0.5, 0.6) is 0 Å². The van der Waals surface area contributed by atoms with Crippen molar-refractivity contribution >= 4 is 0 Å². The van der Waals surface area contributed by atoms with Crippen molar-refractivity contribution < 1.29 is 0 Å². The van der Waals surface area contributed by atoms with Gasteiger partial charge in [-0.15, -0.1) is 0 Å². The van der Waals surface area contributed by atoms with Gasteiger partial charge in [-0.1, -0.05) is 13.8 Å². The molecule has 4 rings (SSSR count). The molecule has 24 heavy (non-hydrogen) atoms. The molecule has 1 saturated carbocycles. The van der Waals surface area contributed by atoms with E-state index in [1.165, 1.54) is 90.9 Å². The first-order chi connectivity index (χ1) is 11.5. The standard InChI is InChI=1S/C21H39N3/c1-18(2)12-20(6-7-20)15-23-9-4-19(5-10-23)13-24-16-21(17-24)8-11-22(3)14-21/h18-19H,4-17H2,1-3H3. The SMILES string of the molecule is CC(C)CC1(CN2CCC(CN3CC4(CCN(C)C4)C3)CC2)CC1. The second-order valence-electron chi connectivity index (χ2n) is 10.5. The molecule has 0 aromatic carbocycles. The zero-order chi connectivity index (χ0) is 16.8. The summed E-state index contributed by atoms with van der Waals surface area (Å²) in [6.07, 6.45) is 8.78. The Hall–Kier alpha value is -0.120. The van der Waals surface area contributed by atoms with Crippen LogP contribution in [-0.4, -0.2) is 74.1 Å². The minimum atomic E-state index is 0.685. The molecule has 0 radical (unpaired) electrons. The van der Waals surface area contributed by atoms with Gasteiger partial charge in [0, 0.05) is 38.1 Å². The van der Waals surface area contributed by atoms with Crippen LogP contribution in [0, 0.1) is 22.7 Å². The number of hydrogen-bond donors (Lipinski definition) is 0. The summed E-state index contributed by atoms with van der Waals surface area (Å²) in [5.74, 6) is 1.84. The van der Waals surface area contributed by atoms with Crippen LogP contribution in [0.3, 0.4) is 0 Å². The van der Waals surface area contributed by atoms with E-state index in [1.54, 1.807) is 0 Å². The third-order valence-electron chi connectivity index (χ3n) is 7.33. The summed E-state index contributed by atoms with van der Waals surface area (Å²) in [5, 5.41) is 0. The monoisotopic (exact) mass is 333 g/mol. The van der Waals surface area contributed by atoms with Crippen molar-refractivity contribution in [3.05, 3.63) is 0 Å². The third kappa shape index (κ3) is 3.83. The van der Waals surface area contributed by atoms with E-state index in [-0.39, 0.29) is 0 Å². The molecule has 0 unspecified atom stereocenters. The lowest BCUT2D eigenvalue weighted by atomic mass is 9.78. The van der Waals surface area contributed by atoms with Crippen LogP contribution in [0.4, 0.5) is 0 Å². The van der Waals surface area contributed by atoms with Crippen LogP contribution in [0.1, 0.15) is 52.4 Å². The van der Waals surface area contributed by atoms with Gasteiger partial charge in [0.2, 0.25) is 0 Å². The van der Waals surface area contributed by atoms with Crippen molar-refractivity contribution in [3.8, 4) is 0 Å². The summed E-state index contributed by atoms with van der Waals surface area (Å²) in [6.45, 7) is 15.8. The van der Waals surface area contributed by atoms with Crippen molar-refractivity contribution in [2.45, 2.75) is 52.4 Å². The van der Waals surface area contributed by atoms with Gasteiger partial charge in [0.05, 0.1) is 0 Å². The maximum Gasteiger partial charge on any atom is 0.00968 e. The predicted octanol–water partition coefficient (Wildman–Crippen LogP) is 3.16. The summed E-state index contributed by atoms with van der Waals surface area (Å²) < 4.78 is 0. The molecule has 0 N–H and O–H groups in total. The number of hydrogen-bond acceptors (Lipinski definition) is 3. The van der Waals surface area contributed by atoms with Crippen LogP contribution in [0.15, 0.2) is 0 Å². The van der Waals surface area contributed by atoms with E-state index in [9.17, 15) is 0 Å². The normalized spacial score (nSPS) is 31.0. The van der Waals surface area contributed by atoms with E-state index in [4.69, 9.17) is 0 Å². The van der Waals surface area contributed by atoms with E-state index < -0.39 is 0 Å². The van der Waals surface area contributed by atoms with Gasteiger partial charge in [-0.3, -0.25) is 0 Å². The largest absolute Gasteiger partial charge is 0.306 e. The molecule has 3 nitrogen and oxygen atoms in total. The molecule has 4 fully saturated rings. The Morgan fingerprint density at radius 1 is 0.917 bits per heavy atom. The van der Waals surface area contributed by atoms with E-state index >= 15 is 0 Å². The lowest BCUT2D eigenvalue weighted by molar-refractivity contribution is -0.00922. The second-order valence-corrected chi connectivity index (χ2v) is 10.5. The van der Waals surface area contributed by atoms with E-state index in [0.29, 0.717) is 5.41 Å². The molecule has 0 atom stereocenters. The molecule has 138 valence electrons. The van der Waals surface area contributed by atoms with Gasteiger partial charge in [-0.25, -0.2) is 0 Å². The molecule has 0 aromatic rings. The van der Waals surface area contributed by atoms with E-state index in [1.807, 2.05) is 0 Å². The van der Waals surface area contributed by atoms with Crippen LogP contribution in [0.2, 0.25) is 0 Å². The smallest absolute Gasteiger partial charge is 0.00968 e. The Bertz CT molecular complexity index is 428. The van der Waals surface area contributed by atoms with Crippen LogP contribution >= 0.6 is 0 Å². The Kier molecular flexibility index (Phi) is 4.73. The molecule has 0 bridgehead atoms. The maximum absolute atomic E-state index is 2.80. The topological polar surface area (TPSA) is 9.72 Å². The highest BCUT2D eigenvalue weighted by atomic mass is 15.3. The Morgan fingerprint density at radius 3 is 2.17 bits per heavy atom. The fourth-order valence-corrected chi connectivity index (χ4v) is 6.08. The molecule has 1 aliphatic carbocycles. The Labute approximate surface area is 149 Å². The van der Waals surface area contributed by atoms with Crippen LogP contribution < -0.4 is 0 Å². The Morgan fingerprint density at radius 2 is 1.62 bits per heavy atom. The molecule has 4 aliphatic rings. The quantitative estimate of drug-likeness (QED) is 0.739. The van der Waals surface area contributed by atoms with Gasteiger partial charge in [0.1, 0.15) is 0 Å².